The number of halogens is 1. The number of rotatable bonds is 6. The van der Waals surface area contributed by atoms with Crippen LogP contribution in [0.25, 0.3) is 0 Å². The van der Waals surface area contributed by atoms with Gasteiger partial charge in [0.1, 0.15) is 0 Å². The predicted octanol–water partition coefficient (Wildman–Crippen LogP) is 4.74. The Balaban J connectivity index is 2.25. The highest BCUT2D eigenvalue weighted by molar-refractivity contribution is 9.10. The second kappa shape index (κ2) is 7.71. The van der Waals surface area contributed by atoms with Gasteiger partial charge < -0.3 is 5.32 Å². The van der Waals surface area contributed by atoms with Crippen LogP contribution in [0.1, 0.15) is 41.8 Å². The Kier molecular flexibility index (Phi) is 5.95. The van der Waals surface area contributed by atoms with Crippen molar-refractivity contribution in [2.45, 2.75) is 39.7 Å². The van der Waals surface area contributed by atoms with E-state index in [1.54, 1.807) is 0 Å². The minimum Gasteiger partial charge on any atom is -0.308 e. The van der Waals surface area contributed by atoms with Crippen molar-refractivity contribution in [3.63, 3.8) is 0 Å². The topological polar surface area (TPSA) is 24.9 Å². The van der Waals surface area contributed by atoms with E-state index >= 15 is 0 Å². The summed E-state index contributed by atoms with van der Waals surface area (Å²) in [6.07, 6.45) is 4.04. The summed E-state index contributed by atoms with van der Waals surface area (Å²) in [6.45, 7) is 7.44. The Hall–Kier alpha value is -1.19. The lowest BCUT2D eigenvalue weighted by molar-refractivity contribution is 0.515. The summed E-state index contributed by atoms with van der Waals surface area (Å²) in [5, 5.41) is 3.64. The largest absolute Gasteiger partial charge is 0.308 e. The van der Waals surface area contributed by atoms with Crippen molar-refractivity contribution in [2.24, 2.45) is 0 Å². The second-order valence-corrected chi connectivity index (χ2v) is 6.47. The number of benzene rings is 1. The van der Waals surface area contributed by atoms with E-state index in [0.717, 1.165) is 29.6 Å². The Morgan fingerprint density at radius 1 is 1.24 bits per heavy atom. The molecule has 1 aromatic carbocycles. The summed E-state index contributed by atoms with van der Waals surface area (Å²) in [6, 6.07) is 11.0. The van der Waals surface area contributed by atoms with Crippen molar-refractivity contribution in [1.29, 1.82) is 0 Å². The summed E-state index contributed by atoms with van der Waals surface area (Å²) >= 11 is 3.55. The standard InChI is InChI=1S/C18H23BrN2/c1-4-8-20-17(11-15-6-5-7-16(19)10-15)18-14(3)9-13(2)12-21-18/h5-7,9-10,12,17,20H,4,8,11H2,1-3H3. The van der Waals surface area contributed by atoms with E-state index in [0.29, 0.717) is 0 Å². The van der Waals surface area contributed by atoms with Gasteiger partial charge in [0.15, 0.2) is 0 Å². The maximum atomic E-state index is 4.68. The quantitative estimate of drug-likeness (QED) is 0.816. The van der Waals surface area contributed by atoms with Crippen molar-refractivity contribution in [3.8, 4) is 0 Å². The van der Waals surface area contributed by atoms with Gasteiger partial charge in [0.2, 0.25) is 0 Å². The van der Waals surface area contributed by atoms with Gasteiger partial charge >= 0.3 is 0 Å². The van der Waals surface area contributed by atoms with Gasteiger partial charge in [0.25, 0.3) is 0 Å². The molecule has 1 atom stereocenters. The smallest absolute Gasteiger partial charge is 0.0605 e. The number of nitrogens with one attached hydrogen (secondary N) is 1. The first-order valence-corrected chi connectivity index (χ1v) is 8.30. The molecule has 0 fully saturated rings. The fourth-order valence-corrected chi connectivity index (χ4v) is 3.02. The summed E-state index contributed by atoms with van der Waals surface area (Å²) in [4.78, 5) is 4.68. The van der Waals surface area contributed by atoms with Crippen LogP contribution in [0.5, 0.6) is 0 Å². The molecule has 2 nitrogen and oxygen atoms in total. The van der Waals surface area contributed by atoms with Crippen molar-refractivity contribution in [1.82, 2.24) is 10.3 Å². The van der Waals surface area contributed by atoms with Gasteiger partial charge in [-0.3, -0.25) is 4.98 Å². The molecule has 21 heavy (non-hydrogen) atoms. The lowest BCUT2D eigenvalue weighted by atomic mass is 9.99. The highest BCUT2D eigenvalue weighted by Gasteiger charge is 2.15. The summed E-state index contributed by atoms with van der Waals surface area (Å²) in [5.41, 5.74) is 4.96. The van der Waals surface area contributed by atoms with E-state index in [2.05, 4.69) is 77.3 Å². The third-order valence-electron chi connectivity index (χ3n) is 3.56. The molecule has 112 valence electrons. The first kappa shape index (κ1) is 16.2. The van der Waals surface area contributed by atoms with E-state index < -0.39 is 0 Å². The summed E-state index contributed by atoms with van der Waals surface area (Å²) in [5.74, 6) is 0. The lowest BCUT2D eigenvalue weighted by Crippen LogP contribution is -2.25. The minimum absolute atomic E-state index is 0.264. The zero-order valence-electron chi connectivity index (χ0n) is 13.0. The third kappa shape index (κ3) is 4.65. The number of pyridine rings is 1. The van der Waals surface area contributed by atoms with E-state index in [9.17, 15) is 0 Å². The van der Waals surface area contributed by atoms with Crippen LogP contribution in [0.15, 0.2) is 41.0 Å². The van der Waals surface area contributed by atoms with Gasteiger partial charge in [-0.15, -0.1) is 0 Å². The van der Waals surface area contributed by atoms with Gasteiger partial charge in [-0.25, -0.2) is 0 Å². The molecule has 0 saturated carbocycles. The van der Waals surface area contributed by atoms with E-state index in [-0.39, 0.29) is 6.04 Å². The highest BCUT2D eigenvalue weighted by atomic mass is 79.9. The van der Waals surface area contributed by atoms with E-state index in [1.807, 2.05) is 6.20 Å². The first-order chi connectivity index (χ1) is 10.1. The molecule has 2 rings (SSSR count). The van der Waals surface area contributed by atoms with Gasteiger partial charge in [0, 0.05) is 10.7 Å². The average molecular weight is 347 g/mol. The molecule has 1 heterocycles. The van der Waals surface area contributed by atoms with Crippen molar-refractivity contribution in [3.05, 3.63) is 63.4 Å². The van der Waals surface area contributed by atoms with Crippen LogP contribution in [0.4, 0.5) is 0 Å². The van der Waals surface area contributed by atoms with Gasteiger partial charge in [-0.1, -0.05) is 41.1 Å². The Morgan fingerprint density at radius 3 is 2.71 bits per heavy atom. The van der Waals surface area contributed by atoms with Crippen LogP contribution in [0.3, 0.4) is 0 Å². The molecule has 0 amide bonds. The fraction of sp³-hybridized carbons (Fsp3) is 0.389. The molecule has 1 N–H and O–H groups in total. The molecule has 0 aliphatic rings. The molecule has 0 radical (unpaired) electrons. The predicted molar refractivity (Wildman–Crippen MR) is 92.6 cm³/mol. The van der Waals surface area contributed by atoms with Gasteiger partial charge in [0.05, 0.1) is 11.7 Å². The minimum atomic E-state index is 0.264. The number of hydrogen-bond acceptors (Lipinski definition) is 2. The van der Waals surface area contributed by atoms with Crippen LogP contribution in [0, 0.1) is 13.8 Å². The molecule has 0 bridgehead atoms. The van der Waals surface area contributed by atoms with Crippen LogP contribution >= 0.6 is 15.9 Å². The Morgan fingerprint density at radius 2 is 2.05 bits per heavy atom. The maximum Gasteiger partial charge on any atom is 0.0605 e. The molecule has 0 aliphatic carbocycles. The number of aryl methyl sites for hydroxylation is 2. The molecule has 0 saturated heterocycles. The van der Waals surface area contributed by atoms with Crippen LogP contribution in [-0.2, 0) is 6.42 Å². The van der Waals surface area contributed by atoms with E-state index in [1.165, 1.54) is 16.7 Å². The average Bonchev–Trinajstić information content (AvgIpc) is 2.44. The zero-order chi connectivity index (χ0) is 15.2. The van der Waals surface area contributed by atoms with Crippen molar-refractivity contribution >= 4 is 15.9 Å². The monoisotopic (exact) mass is 346 g/mol. The van der Waals surface area contributed by atoms with Crippen molar-refractivity contribution in [2.75, 3.05) is 6.54 Å². The number of hydrogen-bond donors (Lipinski definition) is 1. The first-order valence-electron chi connectivity index (χ1n) is 7.51. The van der Waals surface area contributed by atoms with Crippen LogP contribution < -0.4 is 5.32 Å². The molecule has 1 unspecified atom stereocenters. The molecular formula is C18H23BrN2. The molecule has 2 aromatic rings. The Bertz CT molecular complexity index is 596. The zero-order valence-corrected chi connectivity index (χ0v) is 14.6. The van der Waals surface area contributed by atoms with Gasteiger partial charge in [-0.05, 0) is 62.1 Å². The number of aromatic nitrogens is 1. The third-order valence-corrected chi connectivity index (χ3v) is 4.05. The molecule has 0 spiro atoms. The van der Waals surface area contributed by atoms with Crippen LogP contribution in [-0.4, -0.2) is 11.5 Å². The van der Waals surface area contributed by atoms with Gasteiger partial charge in [-0.2, -0.15) is 0 Å². The van der Waals surface area contributed by atoms with E-state index in [4.69, 9.17) is 0 Å². The molecular weight excluding hydrogens is 324 g/mol. The summed E-state index contributed by atoms with van der Waals surface area (Å²) in [7, 11) is 0. The van der Waals surface area contributed by atoms with Crippen molar-refractivity contribution < 1.29 is 0 Å². The molecule has 0 aliphatic heterocycles. The second-order valence-electron chi connectivity index (χ2n) is 5.56. The SMILES string of the molecule is CCCNC(Cc1cccc(Br)c1)c1ncc(C)cc1C. The Labute approximate surface area is 136 Å². The number of nitrogens with zero attached hydrogens (tertiary/aromatic N) is 1. The van der Waals surface area contributed by atoms with Crippen LogP contribution in [0.2, 0.25) is 0 Å². The lowest BCUT2D eigenvalue weighted by Gasteiger charge is -2.20. The summed E-state index contributed by atoms with van der Waals surface area (Å²) < 4.78 is 1.13. The fourth-order valence-electron chi connectivity index (χ4n) is 2.57. The maximum absolute atomic E-state index is 4.68. The highest BCUT2D eigenvalue weighted by Crippen LogP contribution is 2.22. The normalized spacial score (nSPS) is 12.4. The molecule has 1 aromatic heterocycles. The molecule has 3 heteroatoms.